The van der Waals surface area contributed by atoms with Crippen molar-refractivity contribution in [1.29, 1.82) is 0 Å². The predicted molar refractivity (Wildman–Crippen MR) is 48.9 cm³/mol. The lowest BCUT2D eigenvalue weighted by atomic mass is 9.66. The van der Waals surface area contributed by atoms with Crippen molar-refractivity contribution in [2.24, 2.45) is 11.7 Å². The molecule has 0 saturated heterocycles. The number of methoxy groups -OCH3 is 1. The van der Waals surface area contributed by atoms with Crippen LogP contribution in [0.3, 0.4) is 0 Å². The Hall–Kier alpha value is -0.0800. The van der Waals surface area contributed by atoms with E-state index in [0.29, 0.717) is 6.04 Å². The summed E-state index contributed by atoms with van der Waals surface area (Å²) >= 11 is 0. The molecular weight excluding hydrogens is 150 g/mol. The lowest BCUT2D eigenvalue weighted by molar-refractivity contribution is -0.109. The van der Waals surface area contributed by atoms with E-state index in [-0.39, 0.29) is 5.60 Å². The van der Waals surface area contributed by atoms with E-state index in [0.717, 1.165) is 5.92 Å². The van der Waals surface area contributed by atoms with Gasteiger partial charge in [0.05, 0.1) is 5.60 Å². The van der Waals surface area contributed by atoms with E-state index in [1.807, 2.05) is 7.11 Å². The Labute approximate surface area is 74.5 Å². The van der Waals surface area contributed by atoms with E-state index in [1.165, 1.54) is 38.5 Å². The minimum absolute atomic E-state index is 0.0745. The van der Waals surface area contributed by atoms with E-state index in [1.54, 1.807) is 0 Å². The van der Waals surface area contributed by atoms with E-state index in [4.69, 9.17) is 10.5 Å². The summed E-state index contributed by atoms with van der Waals surface area (Å²) in [5.41, 5.74) is 6.28. The first kappa shape index (κ1) is 8.52. The van der Waals surface area contributed by atoms with Gasteiger partial charge in [-0.25, -0.2) is 0 Å². The lowest BCUT2D eigenvalue weighted by Crippen LogP contribution is -2.58. The lowest BCUT2D eigenvalue weighted by Gasteiger charge is -2.49. The van der Waals surface area contributed by atoms with Crippen molar-refractivity contribution >= 4 is 0 Å². The second-order valence-corrected chi connectivity index (χ2v) is 4.34. The molecule has 0 aliphatic heterocycles. The van der Waals surface area contributed by atoms with Crippen molar-refractivity contribution in [1.82, 2.24) is 0 Å². The summed E-state index contributed by atoms with van der Waals surface area (Å²) in [5, 5.41) is 0. The summed E-state index contributed by atoms with van der Waals surface area (Å²) < 4.78 is 5.57. The third kappa shape index (κ3) is 1.09. The highest BCUT2D eigenvalue weighted by atomic mass is 16.5. The van der Waals surface area contributed by atoms with Crippen molar-refractivity contribution in [2.75, 3.05) is 7.11 Å². The summed E-state index contributed by atoms with van der Waals surface area (Å²) in [7, 11) is 1.82. The van der Waals surface area contributed by atoms with Crippen molar-refractivity contribution in [3.63, 3.8) is 0 Å². The maximum Gasteiger partial charge on any atom is 0.0831 e. The topological polar surface area (TPSA) is 35.2 Å². The first-order valence-electron chi connectivity index (χ1n) is 5.09. The number of hydrogen-bond donors (Lipinski definition) is 1. The fourth-order valence-corrected chi connectivity index (χ4v) is 2.43. The van der Waals surface area contributed by atoms with Crippen LogP contribution in [0.2, 0.25) is 0 Å². The average molecular weight is 169 g/mol. The molecule has 2 saturated carbocycles. The number of hydrogen-bond acceptors (Lipinski definition) is 2. The molecular formula is C10H19NO. The molecule has 0 amide bonds. The highest BCUT2D eigenvalue weighted by Crippen LogP contribution is 2.44. The fourth-order valence-electron chi connectivity index (χ4n) is 2.43. The normalized spacial score (nSPS) is 30.5. The predicted octanol–water partition coefficient (Wildman–Crippen LogP) is 1.68. The minimum Gasteiger partial charge on any atom is -0.377 e. The molecule has 2 N–H and O–H groups in total. The van der Waals surface area contributed by atoms with Gasteiger partial charge in [-0.15, -0.1) is 0 Å². The number of nitrogens with two attached hydrogens (primary N) is 1. The van der Waals surface area contributed by atoms with Crippen LogP contribution in [0.4, 0.5) is 0 Å². The van der Waals surface area contributed by atoms with E-state index < -0.39 is 0 Å². The number of ether oxygens (including phenoxy) is 1. The SMILES string of the molecule is COC1(C(N)C2CCC2)CCC1. The highest BCUT2D eigenvalue weighted by molar-refractivity contribution is 5.02. The van der Waals surface area contributed by atoms with Gasteiger partial charge in [-0.3, -0.25) is 0 Å². The Balaban J connectivity index is 1.95. The second kappa shape index (κ2) is 3.00. The quantitative estimate of drug-likeness (QED) is 0.697. The van der Waals surface area contributed by atoms with Gasteiger partial charge in [0.2, 0.25) is 0 Å². The van der Waals surface area contributed by atoms with Gasteiger partial charge in [-0.2, -0.15) is 0 Å². The van der Waals surface area contributed by atoms with Crippen molar-refractivity contribution in [2.45, 2.75) is 50.2 Å². The van der Waals surface area contributed by atoms with E-state index in [2.05, 4.69) is 0 Å². The third-order valence-electron chi connectivity index (χ3n) is 3.87. The molecule has 2 aliphatic rings. The molecule has 2 fully saturated rings. The summed E-state index contributed by atoms with van der Waals surface area (Å²) in [6, 6.07) is 0.310. The average Bonchev–Trinajstić information content (AvgIpc) is 1.81. The zero-order valence-corrected chi connectivity index (χ0v) is 7.88. The number of rotatable bonds is 3. The zero-order chi connectivity index (χ0) is 8.60. The molecule has 2 heteroatoms. The van der Waals surface area contributed by atoms with E-state index in [9.17, 15) is 0 Å². The Bertz CT molecular complexity index is 156. The molecule has 2 aliphatic carbocycles. The van der Waals surface area contributed by atoms with Gasteiger partial charge in [-0.05, 0) is 38.0 Å². The summed E-state index contributed by atoms with van der Waals surface area (Å²) in [6.07, 6.45) is 7.69. The van der Waals surface area contributed by atoms with Crippen LogP contribution in [0.5, 0.6) is 0 Å². The van der Waals surface area contributed by atoms with Crippen LogP contribution >= 0.6 is 0 Å². The first-order valence-corrected chi connectivity index (χ1v) is 5.09. The standard InChI is InChI=1S/C10H19NO/c1-12-10(6-3-7-10)9(11)8-4-2-5-8/h8-9H,2-7,11H2,1H3. The van der Waals surface area contributed by atoms with Crippen LogP contribution in [-0.4, -0.2) is 18.8 Å². The van der Waals surface area contributed by atoms with Crippen LogP contribution in [-0.2, 0) is 4.74 Å². The molecule has 0 spiro atoms. The van der Waals surface area contributed by atoms with Crippen molar-refractivity contribution in [3.05, 3.63) is 0 Å². The maximum atomic E-state index is 6.20. The third-order valence-corrected chi connectivity index (χ3v) is 3.87. The highest BCUT2D eigenvalue weighted by Gasteiger charge is 2.46. The smallest absolute Gasteiger partial charge is 0.0831 e. The largest absolute Gasteiger partial charge is 0.377 e. The van der Waals surface area contributed by atoms with Gasteiger partial charge in [0, 0.05) is 13.2 Å². The van der Waals surface area contributed by atoms with Crippen LogP contribution in [0.15, 0.2) is 0 Å². The van der Waals surface area contributed by atoms with Crippen LogP contribution in [0.25, 0.3) is 0 Å². The van der Waals surface area contributed by atoms with Gasteiger partial charge in [0.1, 0.15) is 0 Å². The van der Waals surface area contributed by atoms with Crippen molar-refractivity contribution in [3.8, 4) is 0 Å². The van der Waals surface area contributed by atoms with Gasteiger partial charge >= 0.3 is 0 Å². The van der Waals surface area contributed by atoms with Crippen molar-refractivity contribution < 1.29 is 4.74 Å². The minimum atomic E-state index is 0.0745. The van der Waals surface area contributed by atoms with Gasteiger partial charge in [0.25, 0.3) is 0 Å². The van der Waals surface area contributed by atoms with Gasteiger partial charge < -0.3 is 10.5 Å². The van der Waals surface area contributed by atoms with Crippen LogP contribution < -0.4 is 5.73 Å². The van der Waals surface area contributed by atoms with Crippen LogP contribution in [0, 0.1) is 5.92 Å². The molecule has 1 atom stereocenters. The molecule has 12 heavy (non-hydrogen) atoms. The molecule has 2 nitrogen and oxygen atoms in total. The van der Waals surface area contributed by atoms with E-state index >= 15 is 0 Å². The first-order chi connectivity index (χ1) is 5.78. The fraction of sp³-hybridized carbons (Fsp3) is 1.00. The monoisotopic (exact) mass is 169 g/mol. The molecule has 0 radical (unpaired) electrons. The molecule has 1 unspecified atom stereocenters. The Kier molecular flexibility index (Phi) is 2.13. The summed E-state index contributed by atoms with van der Waals surface area (Å²) in [5.74, 6) is 0.755. The summed E-state index contributed by atoms with van der Waals surface area (Å²) in [6.45, 7) is 0. The molecule has 0 aromatic carbocycles. The Morgan fingerprint density at radius 3 is 2.25 bits per heavy atom. The molecule has 0 aromatic rings. The maximum absolute atomic E-state index is 6.20. The second-order valence-electron chi connectivity index (χ2n) is 4.34. The molecule has 0 aromatic heterocycles. The molecule has 0 heterocycles. The Morgan fingerprint density at radius 1 is 1.33 bits per heavy atom. The summed E-state index contributed by atoms with van der Waals surface area (Å²) in [4.78, 5) is 0. The molecule has 0 bridgehead atoms. The zero-order valence-electron chi connectivity index (χ0n) is 7.88. The van der Waals surface area contributed by atoms with Gasteiger partial charge in [0.15, 0.2) is 0 Å². The van der Waals surface area contributed by atoms with Crippen LogP contribution in [0.1, 0.15) is 38.5 Å². The van der Waals surface area contributed by atoms with Gasteiger partial charge in [-0.1, -0.05) is 6.42 Å². The molecule has 70 valence electrons. The molecule has 2 rings (SSSR count). The Morgan fingerprint density at radius 2 is 2.00 bits per heavy atom.